The van der Waals surface area contributed by atoms with E-state index in [0.717, 1.165) is 56.5 Å². The van der Waals surface area contributed by atoms with Crippen LogP contribution >= 0.6 is 0 Å². The van der Waals surface area contributed by atoms with Crippen molar-refractivity contribution in [1.29, 1.82) is 0 Å². The molecular formula is C43H69NO2. The van der Waals surface area contributed by atoms with Crippen molar-refractivity contribution in [3.63, 3.8) is 0 Å². The molecule has 13 atom stereocenters. The fourth-order valence-electron chi connectivity index (χ4n) is 15.1. The molecule has 258 valence electrons. The Kier molecular flexibility index (Phi) is 7.94. The molecule has 1 heterocycles. The lowest BCUT2D eigenvalue weighted by molar-refractivity contribution is -0.235. The van der Waals surface area contributed by atoms with Crippen molar-refractivity contribution in [3.8, 4) is 0 Å². The highest BCUT2D eigenvalue weighted by Gasteiger charge is 2.69. The van der Waals surface area contributed by atoms with Crippen LogP contribution in [0, 0.1) is 86.3 Å². The van der Waals surface area contributed by atoms with Gasteiger partial charge in [-0.15, -0.1) is 0 Å². The first-order valence-electron chi connectivity index (χ1n) is 20.0. The van der Waals surface area contributed by atoms with Gasteiger partial charge in [0.2, 0.25) is 5.91 Å². The molecule has 7 rings (SSSR count). The average molecular weight is 632 g/mol. The van der Waals surface area contributed by atoms with E-state index in [0.29, 0.717) is 69.4 Å². The summed E-state index contributed by atoms with van der Waals surface area (Å²) in [6.07, 6.45) is 15.8. The second-order valence-corrected chi connectivity index (χ2v) is 20.5. The molecule has 46 heavy (non-hydrogen) atoms. The van der Waals surface area contributed by atoms with Gasteiger partial charge in [0.15, 0.2) is 0 Å². The molecule has 0 aromatic rings. The van der Waals surface area contributed by atoms with Crippen LogP contribution in [0.1, 0.15) is 146 Å². The van der Waals surface area contributed by atoms with Crippen LogP contribution < -0.4 is 0 Å². The number of carbonyl (C=O) groups is 2. The van der Waals surface area contributed by atoms with Gasteiger partial charge in [-0.25, -0.2) is 0 Å². The van der Waals surface area contributed by atoms with E-state index in [9.17, 15) is 9.59 Å². The van der Waals surface area contributed by atoms with E-state index in [2.05, 4.69) is 73.8 Å². The molecular weight excluding hydrogens is 562 g/mol. The van der Waals surface area contributed by atoms with Crippen LogP contribution in [-0.4, -0.2) is 29.7 Å². The number of fused-ring (bicyclic) bond motifs is 7. The summed E-state index contributed by atoms with van der Waals surface area (Å²) in [6.45, 7) is 29.2. The Morgan fingerprint density at radius 2 is 1.43 bits per heavy atom. The average Bonchev–Trinajstić information content (AvgIpc) is 3.66. The van der Waals surface area contributed by atoms with E-state index in [1.807, 2.05) is 0 Å². The van der Waals surface area contributed by atoms with E-state index in [1.54, 1.807) is 0 Å². The first-order valence-corrected chi connectivity index (χ1v) is 20.0. The zero-order chi connectivity index (χ0) is 33.2. The van der Waals surface area contributed by atoms with Crippen molar-refractivity contribution in [3.05, 3.63) is 12.2 Å². The Morgan fingerprint density at radius 1 is 0.761 bits per heavy atom. The number of carbonyl (C=O) groups excluding carboxylic acids is 2. The zero-order valence-corrected chi connectivity index (χ0v) is 31.4. The molecule has 3 heteroatoms. The quantitative estimate of drug-likeness (QED) is 0.283. The number of hydrogen-bond acceptors (Lipinski definition) is 2. The van der Waals surface area contributed by atoms with Crippen molar-refractivity contribution in [2.45, 2.75) is 146 Å². The molecule has 6 aliphatic carbocycles. The monoisotopic (exact) mass is 632 g/mol. The standard InChI is InChI=1S/C43H69NO2/c1-26(2)30-25-31(34(45)24-28-23-33(40(28,6)7)38(46)44-21-11-12-22-44)29-16-19-42(9)32(37(29)30)13-14-36-41(8)18-15-27(3)39(4,5)35(41)17-20-43(36,42)10/h27-33,35-37H,1,11-25H2,2-10H3/t27-,28+,29?,30-,31+,32+,33-,35?,36+,37+,41-,42+,43+/m0/s1. The summed E-state index contributed by atoms with van der Waals surface area (Å²) >= 11 is 0. The van der Waals surface area contributed by atoms with Gasteiger partial charge < -0.3 is 4.90 Å². The summed E-state index contributed by atoms with van der Waals surface area (Å²) in [5.74, 6) is 6.37. The number of likely N-dealkylation sites (tertiary alicyclic amines) is 1. The maximum absolute atomic E-state index is 14.4. The van der Waals surface area contributed by atoms with Crippen molar-refractivity contribution in [2.24, 2.45) is 86.3 Å². The lowest BCUT2D eigenvalue weighted by Gasteiger charge is -2.72. The lowest BCUT2D eigenvalue weighted by atomic mass is 9.32. The van der Waals surface area contributed by atoms with Crippen LogP contribution in [-0.2, 0) is 9.59 Å². The third-order valence-corrected chi connectivity index (χ3v) is 18.6. The Balaban J connectivity index is 1.10. The summed E-state index contributed by atoms with van der Waals surface area (Å²) in [5.41, 5.74) is 2.89. The van der Waals surface area contributed by atoms with Crippen molar-refractivity contribution in [2.75, 3.05) is 13.1 Å². The normalized spacial score (nSPS) is 50.4. The van der Waals surface area contributed by atoms with Gasteiger partial charge in [0, 0.05) is 31.3 Å². The smallest absolute Gasteiger partial charge is 0.226 e. The van der Waals surface area contributed by atoms with Crippen LogP contribution in [0.25, 0.3) is 0 Å². The summed E-state index contributed by atoms with van der Waals surface area (Å²) in [6, 6.07) is 0. The largest absolute Gasteiger partial charge is 0.342 e. The van der Waals surface area contributed by atoms with Gasteiger partial charge in [-0.1, -0.05) is 67.5 Å². The number of allylic oxidation sites excluding steroid dienone is 1. The molecule has 0 bridgehead atoms. The van der Waals surface area contributed by atoms with Crippen LogP contribution in [0.5, 0.6) is 0 Å². The molecule has 1 aliphatic heterocycles. The molecule has 1 saturated heterocycles. The molecule has 0 N–H and O–H groups in total. The second-order valence-electron chi connectivity index (χ2n) is 20.5. The van der Waals surface area contributed by atoms with Crippen LogP contribution in [0.2, 0.25) is 0 Å². The Morgan fingerprint density at radius 3 is 2.09 bits per heavy atom. The minimum Gasteiger partial charge on any atom is -0.342 e. The number of nitrogens with zero attached hydrogens (tertiary/aromatic N) is 1. The van der Waals surface area contributed by atoms with E-state index >= 15 is 0 Å². The van der Waals surface area contributed by atoms with Crippen LogP contribution in [0.15, 0.2) is 12.2 Å². The fraction of sp³-hybridized carbons (Fsp3) is 0.907. The molecule has 7 aliphatic rings. The van der Waals surface area contributed by atoms with Gasteiger partial charge >= 0.3 is 0 Å². The van der Waals surface area contributed by atoms with Gasteiger partial charge in [0.05, 0.1) is 0 Å². The van der Waals surface area contributed by atoms with Crippen LogP contribution in [0.3, 0.4) is 0 Å². The Bertz CT molecular complexity index is 1260. The fourth-order valence-corrected chi connectivity index (χ4v) is 15.1. The van der Waals surface area contributed by atoms with Crippen molar-refractivity contribution < 1.29 is 9.59 Å². The third kappa shape index (κ3) is 4.46. The summed E-state index contributed by atoms with van der Waals surface area (Å²) in [7, 11) is 0. The molecule has 1 amide bonds. The summed E-state index contributed by atoms with van der Waals surface area (Å²) < 4.78 is 0. The first-order chi connectivity index (χ1) is 21.5. The molecule has 0 spiro atoms. The zero-order valence-electron chi connectivity index (χ0n) is 31.4. The number of rotatable bonds is 5. The summed E-state index contributed by atoms with van der Waals surface area (Å²) in [4.78, 5) is 29.8. The highest BCUT2D eigenvalue weighted by atomic mass is 16.2. The minimum absolute atomic E-state index is 0.0698. The van der Waals surface area contributed by atoms with E-state index in [-0.39, 0.29) is 17.3 Å². The number of Topliss-reactive ketones (excluding diaryl/α,β-unsaturated/α-hetero) is 1. The second kappa shape index (κ2) is 10.9. The highest BCUT2D eigenvalue weighted by Crippen LogP contribution is 2.76. The van der Waals surface area contributed by atoms with Crippen LogP contribution in [0.4, 0.5) is 0 Å². The molecule has 6 saturated carbocycles. The van der Waals surface area contributed by atoms with Gasteiger partial charge in [0.25, 0.3) is 0 Å². The highest BCUT2D eigenvalue weighted by molar-refractivity contribution is 5.84. The number of amides is 1. The minimum atomic E-state index is -0.0698. The van der Waals surface area contributed by atoms with E-state index in [4.69, 9.17) is 0 Å². The predicted molar refractivity (Wildman–Crippen MR) is 189 cm³/mol. The molecule has 0 aromatic heterocycles. The van der Waals surface area contributed by atoms with Gasteiger partial charge in [-0.2, -0.15) is 0 Å². The number of hydrogen-bond donors (Lipinski definition) is 0. The van der Waals surface area contributed by atoms with Gasteiger partial charge in [-0.05, 0) is 158 Å². The predicted octanol–water partition coefficient (Wildman–Crippen LogP) is 10.4. The molecule has 0 radical (unpaired) electrons. The maximum atomic E-state index is 14.4. The van der Waals surface area contributed by atoms with Crippen molar-refractivity contribution in [1.82, 2.24) is 4.90 Å². The SMILES string of the molecule is C=C(C)[C@@H]1C[C@@H](C(=O)C[C@H]2C[C@@H](C(=O)N3CCCC3)C2(C)C)C2CC[C@]3(C)[C@H](CC[C@@H]4[C@@]5(C)CC[C@H](C)C(C)(C)C5CC[C@]43C)[C@H]21. The Labute approximate surface area is 282 Å². The molecule has 2 unspecified atom stereocenters. The van der Waals surface area contributed by atoms with Crippen molar-refractivity contribution >= 4 is 11.7 Å². The molecule has 0 aromatic carbocycles. The lowest BCUT2D eigenvalue weighted by Crippen LogP contribution is -2.65. The first kappa shape index (κ1) is 33.4. The maximum Gasteiger partial charge on any atom is 0.226 e. The van der Waals surface area contributed by atoms with Gasteiger partial charge in [-0.3, -0.25) is 9.59 Å². The van der Waals surface area contributed by atoms with Gasteiger partial charge in [0.1, 0.15) is 5.78 Å². The third-order valence-electron chi connectivity index (χ3n) is 18.6. The van der Waals surface area contributed by atoms with E-state index < -0.39 is 0 Å². The number of ketones is 1. The van der Waals surface area contributed by atoms with E-state index in [1.165, 1.54) is 56.9 Å². The molecule has 3 nitrogen and oxygen atoms in total. The Hall–Kier alpha value is -1.12. The molecule has 7 fully saturated rings. The summed E-state index contributed by atoms with van der Waals surface area (Å²) in [5, 5.41) is 0. The topological polar surface area (TPSA) is 37.4 Å².